The van der Waals surface area contributed by atoms with Crippen molar-refractivity contribution in [2.24, 2.45) is 0 Å². The van der Waals surface area contributed by atoms with Gasteiger partial charge in [-0.05, 0) is 79.4 Å². The van der Waals surface area contributed by atoms with Gasteiger partial charge in [0.15, 0.2) is 0 Å². The van der Waals surface area contributed by atoms with E-state index in [4.69, 9.17) is 23.2 Å². The Morgan fingerprint density at radius 3 is 2.23 bits per heavy atom. The molecule has 35 heavy (non-hydrogen) atoms. The van der Waals surface area contributed by atoms with Crippen LogP contribution in [0.3, 0.4) is 0 Å². The van der Waals surface area contributed by atoms with Crippen LogP contribution in [0.1, 0.15) is 22.3 Å². The predicted octanol–water partition coefficient (Wildman–Crippen LogP) is 5.88. The lowest BCUT2D eigenvalue weighted by molar-refractivity contribution is -0.120. The zero-order valence-electron chi connectivity index (χ0n) is 19.4. The van der Waals surface area contributed by atoms with Gasteiger partial charge < -0.3 is 10.6 Å². The van der Waals surface area contributed by atoms with Crippen molar-refractivity contribution in [3.8, 4) is 0 Å². The normalized spacial score (nSPS) is 13.5. The van der Waals surface area contributed by atoms with Crippen LogP contribution in [-0.4, -0.2) is 17.7 Å². The highest BCUT2D eigenvalue weighted by Crippen LogP contribution is 2.34. The van der Waals surface area contributed by atoms with Gasteiger partial charge in [-0.25, -0.2) is 4.90 Å². The summed E-state index contributed by atoms with van der Waals surface area (Å²) < 4.78 is 0. The topological polar surface area (TPSA) is 78.5 Å². The molecule has 0 aromatic heterocycles. The van der Waals surface area contributed by atoms with Crippen molar-refractivity contribution < 1.29 is 14.4 Å². The standard InChI is InChI=1S/C27H23Cl2N3O3/c1-15-7-10-20(13-16(15)2)30-23(33)14-18-8-11-19(12-9-18)31-25-24(29)26(34)32(27(25)35)22-6-4-5-21(28)17(22)3/h4-13,31H,14H2,1-3H3,(H,30,33). The Balaban J connectivity index is 1.44. The molecule has 3 aromatic carbocycles. The predicted molar refractivity (Wildman–Crippen MR) is 140 cm³/mol. The number of anilines is 3. The van der Waals surface area contributed by atoms with Crippen molar-refractivity contribution in [1.82, 2.24) is 0 Å². The number of nitrogens with zero attached hydrogens (tertiary/aromatic N) is 1. The number of hydrogen-bond donors (Lipinski definition) is 2. The van der Waals surface area contributed by atoms with Crippen LogP contribution >= 0.6 is 23.2 Å². The largest absolute Gasteiger partial charge is 0.350 e. The Labute approximate surface area is 213 Å². The van der Waals surface area contributed by atoms with Gasteiger partial charge in [-0.2, -0.15) is 0 Å². The molecule has 0 radical (unpaired) electrons. The van der Waals surface area contributed by atoms with Crippen LogP contribution in [0.4, 0.5) is 17.1 Å². The first-order valence-electron chi connectivity index (χ1n) is 10.9. The number of nitrogens with one attached hydrogen (secondary N) is 2. The third-order valence-electron chi connectivity index (χ3n) is 5.89. The second kappa shape index (κ2) is 9.94. The first-order valence-corrected chi connectivity index (χ1v) is 11.7. The molecule has 0 bridgehead atoms. The van der Waals surface area contributed by atoms with Crippen LogP contribution < -0.4 is 15.5 Å². The Hall–Kier alpha value is -3.61. The van der Waals surface area contributed by atoms with Gasteiger partial charge in [-0.15, -0.1) is 0 Å². The average Bonchev–Trinajstić information content (AvgIpc) is 3.02. The maximum Gasteiger partial charge on any atom is 0.283 e. The Kier molecular flexibility index (Phi) is 6.96. The smallest absolute Gasteiger partial charge is 0.283 e. The molecular weight excluding hydrogens is 485 g/mol. The van der Waals surface area contributed by atoms with Crippen LogP contribution in [0.5, 0.6) is 0 Å². The maximum absolute atomic E-state index is 13.0. The minimum Gasteiger partial charge on any atom is -0.350 e. The molecule has 6 nitrogen and oxygen atoms in total. The van der Waals surface area contributed by atoms with E-state index in [9.17, 15) is 14.4 Å². The van der Waals surface area contributed by atoms with E-state index >= 15 is 0 Å². The van der Waals surface area contributed by atoms with E-state index in [0.29, 0.717) is 22.0 Å². The highest BCUT2D eigenvalue weighted by Gasteiger charge is 2.39. The number of amides is 3. The molecule has 4 rings (SSSR count). The van der Waals surface area contributed by atoms with Gasteiger partial charge in [0.25, 0.3) is 11.8 Å². The second-order valence-electron chi connectivity index (χ2n) is 8.36. The summed E-state index contributed by atoms with van der Waals surface area (Å²) in [6, 6.07) is 17.8. The molecule has 178 valence electrons. The summed E-state index contributed by atoms with van der Waals surface area (Å²) in [5, 5.41) is 6.08. The highest BCUT2D eigenvalue weighted by molar-refractivity contribution is 6.53. The lowest BCUT2D eigenvalue weighted by Crippen LogP contribution is -2.32. The number of hydrogen-bond acceptors (Lipinski definition) is 4. The molecule has 0 aliphatic carbocycles. The number of rotatable bonds is 6. The summed E-state index contributed by atoms with van der Waals surface area (Å²) in [5.74, 6) is -1.32. The third kappa shape index (κ3) is 5.09. The van der Waals surface area contributed by atoms with Gasteiger partial charge in [0, 0.05) is 16.4 Å². The molecule has 8 heteroatoms. The molecule has 1 aliphatic rings. The van der Waals surface area contributed by atoms with Crippen molar-refractivity contribution in [2.75, 3.05) is 15.5 Å². The third-order valence-corrected chi connectivity index (χ3v) is 6.65. The molecule has 1 aliphatic heterocycles. The zero-order chi connectivity index (χ0) is 25.3. The zero-order valence-corrected chi connectivity index (χ0v) is 20.9. The fourth-order valence-electron chi connectivity index (χ4n) is 3.73. The van der Waals surface area contributed by atoms with Gasteiger partial charge in [0.1, 0.15) is 10.7 Å². The molecule has 0 fully saturated rings. The fraction of sp³-hybridized carbons (Fsp3) is 0.148. The summed E-state index contributed by atoms with van der Waals surface area (Å²) in [6.07, 6.45) is 0.190. The minimum absolute atomic E-state index is 0.0173. The summed E-state index contributed by atoms with van der Waals surface area (Å²) >= 11 is 12.4. The first kappa shape index (κ1) is 24.5. The van der Waals surface area contributed by atoms with E-state index in [-0.39, 0.29) is 23.1 Å². The lowest BCUT2D eigenvalue weighted by Gasteiger charge is -2.18. The minimum atomic E-state index is -0.621. The van der Waals surface area contributed by atoms with Crippen LogP contribution in [0.15, 0.2) is 71.4 Å². The average molecular weight is 508 g/mol. The Morgan fingerprint density at radius 1 is 0.857 bits per heavy atom. The molecule has 0 unspecified atom stereocenters. The Bertz CT molecular complexity index is 1380. The van der Waals surface area contributed by atoms with Crippen LogP contribution in [0.2, 0.25) is 5.02 Å². The van der Waals surface area contributed by atoms with Gasteiger partial charge in [-0.3, -0.25) is 14.4 Å². The Morgan fingerprint density at radius 2 is 1.54 bits per heavy atom. The molecule has 0 spiro atoms. The maximum atomic E-state index is 13.0. The van der Waals surface area contributed by atoms with E-state index in [0.717, 1.165) is 27.3 Å². The molecule has 0 atom stereocenters. The number of halogens is 2. The molecular formula is C27H23Cl2N3O3. The monoisotopic (exact) mass is 507 g/mol. The van der Waals surface area contributed by atoms with Gasteiger partial charge >= 0.3 is 0 Å². The molecule has 0 saturated heterocycles. The van der Waals surface area contributed by atoms with Crippen molar-refractivity contribution in [1.29, 1.82) is 0 Å². The van der Waals surface area contributed by atoms with Crippen molar-refractivity contribution in [3.63, 3.8) is 0 Å². The van der Waals surface area contributed by atoms with Crippen molar-refractivity contribution in [2.45, 2.75) is 27.2 Å². The summed E-state index contributed by atoms with van der Waals surface area (Å²) in [5.41, 5.74) is 5.34. The summed E-state index contributed by atoms with van der Waals surface area (Å²) in [4.78, 5) is 39.2. The second-order valence-corrected chi connectivity index (χ2v) is 9.15. The van der Waals surface area contributed by atoms with Gasteiger partial charge in [0.2, 0.25) is 5.91 Å². The van der Waals surface area contributed by atoms with Gasteiger partial charge in [-0.1, -0.05) is 47.5 Å². The van der Waals surface area contributed by atoms with Crippen molar-refractivity contribution >= 4 is 58.0 Å². The van der Waals surface area contributed by atoms with Crippen LogP contribution in [-0.2, 0) is 20.8 Å². The number of carbonyl (C=O) groups is 3. The number of aryl methyl sites for hydroxylation is 2. The number of imide groups is 1. The van der Waals surface area contributed by atoms with E-state index in [1.54, 1.807) is 49.4 Å². The summed E-state index contributed by atoms with van der Waals surface area (Å²) in [6.45, 7) is 5.74. The van der Waals surface area contributed by atoms with Crippen LogP contribution in [0.25, 0.3) is 0 Å². The first-order chi connectivity index (χ1) is 16.7. The number of benzene rings is 3. The molecule has 3 amide bonds. The summed E-state index contributed by atoms with van der Waals surface area (Å²) in [7, 11) is 0. The molecule has 3 aromatic rings. The SMILES string of the molecule is Cc1ccc(NC(=O)Cc2ccc(NC3=C(Cl)C(=O)N(c4cccc(Cl)c4C)C3=O)cc2)cc1C. The van der Waals surface area contributed by atoms with E-state index in [1.165, 1.54) is 0 Å². The van der Waals surface area contributed by atoms with Crippen molar-refractivity contribution in [3.05, 3.63) is 98.7 Å². The van der Waals surface area contributed by atoms with Gasteiger partial charge in [0.05, 0.1) is 12.1 Å². The molecule has 0 saturated carbocycles. The van der Waals surface area contributed by atoms with E-state index in [1.807, 2.05) is 32.0 Å². The fourth-order valence-corrected chi connectivity index (χ4v) is 4.11. The lowest BCUT2D eigenvalue weighted by atomic mass is 10.1. The number of carbonyl (C=O) groups excluding carboxylic acids is 3. The highest BCUT2D eigenvalue weighted by atomic mass is 35.5. The van der Waals surface area contributed by atoms with Crippen LogP contribution in [0, 0.1) is 20.8 Å². The van der Waals surface area contributed by atoms with E-state index in [2.05, 4.69) is 10.6 Å². The quantitative estimate of drug-likeness (QED) is 0.408. The van der Waals surface area contributed by atoms with E-state index < -0.39 is 11.8 Å². The molecule has 1 heterocycles. The molecule has 2 N–H and O–H groups in total.